The lowest BCUT2D eigenvalue weighted by Crippen LogP contribution is -2.43. The molecule has 3 rings (SSSR count). The maximum atomic E-state index is 12.8. The summed E-state index contributed by atoms with van der Waals surface area (Å²) in [6.07, 6.45) is -2.27. The lowest BCUT2D eigenvalue weighted by atomic mass is 10.1. The summed E-state index contributed by atoms with van der Waals surface area (Å²) in [5.74, 6) is 0. The Bertz CT molecular complexity index is 880. The van der Waals surface area contributed by atoms with Crippen LogP contribution >= 0.6 is 0 Å². The highest BCUT2D eigenvalue weighted by Gasteiger charge is 2.33. The van der Waals surface area contributed by atoms with Gasteiger partial charge in [0.05, 0.1) is 18.0 Å². The summed E-state index contributed by atoms with van der Waals surface area (Å²) >= 11 is 0. The second kappa shape index (κ2) is 6.04. The van der Waals surface area contributed by atoms with E-state index in [2.05, 4.69) is 4.98 Å². The van der Waals surface area contributed by atoms with E-state index in [0.29, 0.717) is 6.61 Å². The lowest BCUT2D eigenvalue weighted by molar-refractivity contribution is -0.141. The van der Waals surface area contributed by atoms with Crippen molar-refractivity contribution in [2.75, 3.05) is 6.61 Å². The van der Waals surface area contributed by atoms with Crippen LogP contribution in [0, 0.1) is 0 Å². The minimum Gasteiger partial charge on any atom is -0.376 e. The van der Waals surface area contributed by atoms with Crippen LogP contribution in [-0.4, -0.2) is 26.8 Å². The van der Waals surface area contributed by atoms with E-state index in [0.717, 1.165) is 40.5 Å². The van der Waals surface area contributed by atoms with Gasteiger partial charge in [-0.25, -0.2) is 9.78 Å². The van der Waals surface area contributed by atoms with Crippen molar-refractivity contribution in [1.82, 2.24) is 14.1 Å². The van der Waals surface area contributed by atoms with Gasteiger partial charge in [0.15, 0.2) is 0 Å². The number of hydrogen-bond donors (Lipinski definition) is 0. The number of hydrogen-bond acceptors (Lipinski definition) is 4. The van der Waals surface area contributed by atoms with Crippen molar-refractivity contribution in [3.05, 3.63) is 38.7 Å². The first kappa shape index (κ1) is 16.7. The molecular weight excluding hydrogens is 327 g/mol. The van der Waals surface area contributed by atoms with Gasteiger partial charge >= 0.3 is 11.9 Å². The number of alkyl halides is 3. The van der Waals surface area contributed by atoms with Crippen LogP contribution < -0.4 is 11.2 Å². The first-order valence-electron chi connectivity index (χ1n) is 7.58. The SMILES string of the molecule is Cn1c(=O)n(CC2CCCCO2)c(=O)c2ccc(C(F)(F)F)nc21. The van der Waals surface area contributed by atoms with Crippen LogP contribution in [0.5, 0.6) is 0 Å². The fraction of sp³-hybridized carbons (Fsp3) is 0.533. The fourth-order valence-electron chi connectivity index (χ4n) is 2.85. The molecule has 0 bridgehead atoms. The molecule has 0 spiro atoms. The summed E-state index contributed by atoms with van der Waals surface area (Å²) in [6, 6.07) is 1.81. The van der Waals surface area contributed by atoms with Crippen LogP contribution in [0.15, 0.2) is 21.7 Å². The molecule has 0 aromatic carbocycles. The summed E-state index contributed by atoms with van der Waals surface area (Å²) in [5, 5.41) is -0.0269. The summed E-state index contributed by atoms with van der Waals surface area (Å²) in [5.41, 5.74) is -2.77. The molecule has 3 heterocycles. The molecule has 2 aromatic rings. The van der Waals surface area contributed by atoms with Gasteiger partial charge in [-0.2, -0.15) is 13.2 Å². The number of halogens is 3. The van der Waals surface area contributed by atoms with Crippen molar-refractivity contribution < 1.29 is 17.9 Å². The molecule has 0 aliphatic carbocycles. The smallest absolute Gasteiger partial charge is 0.376 e. The predicted octanol–water partition coefficient (Wildman–Crippen LogP) is 1.68. The highest BCUT2D eigenvalue weighted by atomic mass is 19.4. The number of nitrogens with zero attached hydrogens (tertiary/aromatic N) is 3. The molecule has 0 amide bonds. The molecule has 2 aromatic heterocycles. The average Bonchev–Trinajstić information content (AvgIpc) is 2.56. The van der Waals surface area contributed by atoms with E-state index in [4.69, 9.17) is 4.74 Å². The molecule has 1 atom stereocenters. The van der Waals surface area contributed by atoms with Crippen LogP contribution in [0.4, 0.5) is 13.2 Å². The van der Waals surface area contributed by atoms with Gasteiger partial charge in [-0.15, -0.1) is 0 Å². The predicted molar refractivity (Wildman–Crippen MR) is 79.8 cm³/mol. The molecule has 1 unspecified atom stereocenters. The number of aryl methyl sites for hydroxylation is 1. The van der Waals surface area contributed by atoms with Gasteiger partial charge in [0.1, 0.15) is 11.3 Å². The zero-order valence-electron chi connectivity index (χ0n) is 13.0. The number of fused-ring (bicyclic) bond motifs is 1. The summed E-state index contributed by atoms with van der Waals surface area (Å²) in [7, 11) is 1.30. The Labute approximate surface area is 134 Å². The van der Waals surface area contributed by atoms with E-state index >= 15 is 0 Å². The van der Waals surface area contributed by atoms with Crippen molar-refractivity contribution in [3.63, 3.8) is 0 Å². The topological polar surface area (TPSA) is 66.1 Å². The molecule has 0 N–H and O–H groups in total. The zero-order chi connectivity index (χ0) is 17.5. The van der Waals surface area contributed by atoms with E-state index in [9.17, 15) is 22.8 Å². The molecule has 130 valence electrons. The van der Waals surface area contributed by atoms with Gasteiger partial charge in [0.2, 0.25) is 0 Å². The monoisotopic (exact) mass is 343 g/mol. The third-order valence-electron chi connectivity index (χ3n) is 4.14. The van der Waals surface area contributed by atoms with Crippen LogP contribution in [0.25, 0.3) is 11.0 Å². The molecule has 0 radical (unpaired) electrons. The molecule has 9 heteroatoms. The van der Waals surface area contributed by atoms with Crippen molar-refractivity contribution in [1.29, 1.82) is 0 Å². The maximum Gasteiger partial charge on any atom is 0.433 e. The second-order valence-corrected chi connectivity index (χ2v) is 5.81. The number of pyridine rings is 1. The molecule has 1 fully saturated rings. The van der Waals surface area contributed by atoms with E-state index in [-0.39, 0.29) is 23.7 Å². The number of rotatable bonds is 2. The van der Waals surface area contributed by atoms with Crippen LogP contribution in [-0.2, 0) is 24.5 Å². The number of aromatic nitrogens is 3. The standard InChI is InChI=1S/C15H16F3N3O3/c1-20-12-10(5-6-11(19-12)15(16,17)18)13(22)21(14(20)23)8-9-4-2-3-7-24-9/h5-6,9H,2-4,7-8H2,1H3. The minimum absolute atomic E-state index is 0.0269. The minimum atomic E-state index is -4.64. The molecule has 0 saturated carbocycles. The van der Waals surface area contributed by atoms with Gasteiger partial charge in [-0.1, -0.05) is 0 Å². The summed E-state index contributed by atoms with van der Waals surface area (Å²) in [6.45, 7) is 0.659. The molecule has 24 heavy (non-hydrogen) atoms. The lowest BCUT2D eigenvalue weighted by Gasteiger charge is -2.23. The Morgan fingerprint density at radius 1 is 1.29 bits per heavy atom. The van der Waals surface area contributed by atoms with E-state index in [1.165, 1.54) is 7.05 Å². The Morgan fingerprint density at radius 2 is 2.04 bits per heavy atom. The van der Waals surface area contributed by atoms with Crippen LogP contribution in [0.2, 0.25) is 0 Å². The first-order valence-corrected chi connectivity index (χ1v) is 7.58. The Kier molecular flexibility index (Phi) is 4.20. The van der Waals surface area contributed by atoms with Gasteiger partial charge in [0, 0.05) is 13.7 Å². The number of ether oxygens (including phenoxy) is 1. The quantitative estimate of drug-likeness (QED) is 0.832. The summed E-state index contributed by atoms with van der Waals surface area (Å²) in [4.78, 5) is 28.3. The van der Waals surface area contributed by atoms with Gasteiger partial charge in [0.25, 0.3) is 5.56 Å². The van der Waals surface area contributed by atoms with Crippen molar-refractivity contribution in [2.24, 2.45) is 7.05 Å². The van der Waals surface area contributed by atoms with Crippen molar-refractivity contribution in [3.8, 4) is 0 Å². The third kappa shape index (κ3) is 2.95. The Hall–Kier alpha value is -2.16. The summed E-state index contributed by atoms with van der Waals surface area (Å²) < 4.78 is 45.9. The fourth-order valence-corrected chi connectivity index (χ4v) is 2.85. The van der Waals surface area contributed by atoms with E-state index < -0.39 is 23.1 Å². The second-order valence-electron chi connectivity index (χ2n) is 5.81. The molecule has 1 saturated heterocycles. The van der Waals surface area contributed by atoms with E-state index in [1.807, 2.05) is 0 Å². The highest BCUT2D eigenvalue weighted by Crippen LogP contribution is 2.28. The average molecular weight is 343 g/mol. The van der Waals surface area contributed by atoms with Crippen LogP contribution in [0.3, 0.4) is 0 Å². The van der Waals surface area contributed by atoms with Gasteiger partial charge in [-0.05, 0) is 31.4 Å². The van der Waals surface area contributed by atoms with E-state index in [1.54, 1.807) is 0 Å². The Morgan fingerprint density at radius 3 is 2.67 bits per heavy atom. The normalized spacial score (nSPS) is 18.9. The van der Waals surface area contributed by atoms with Gasteiger partial charge in [-0.3, -0.25) is 13.9 Å². The largest absolute Gasteiger partial charge is 0.433 e. The van der Waals surface area contributed by atoms with Crippen LogP contribution in [0.1, 0.15) is 25.0 Å². The highest BCUT2D eigenvalue weighted by molar-refractivity contribution is 5.74. The molecule has 1 aliphatic heterocycles. The molecule has 6 nitrogen and oxygen atoms in total. The zero-order valence-corrected chi connectivity index (χ0v) is 13.0. The van der Waals surface area contributed by atoms with Crippen molar-refractivity contribution >= 4 is 11.0 Å². The van der Waals surface area contributed by atoms with Gasteiger partial charge < -0.3 is 4.74 Å². The first-order chi connectivity index (χ1) is 11.3. The molecular formula is C15H16F3N3O3. The van der Waals surface area contributed by atoms with Crippen molar-refractivity contribution in [2.45, 2.75) is 38.1 Å². The maximum absolute atomic E-state index is 12.8. The molecule has 1 aliphatic rings. The Balaban J connectivity index is 2.12. The third-order valence-corrected chi connectivity index (χ3v) is 4.14.